The molecule has 0 aliphatic carbocycles. The molecule has 0 saturated heterocycles. The molecule has 30 valence electrons. The van der Waals surface area contributed by atoms with Crippen molar-refractivity contribution in [3.8, 4) is 11.8 Å². The van der Waals surface area contributed by atoms with Crippen LogP contribution in [0.3, 0.4) is 0 Å². The first-order valence-corrected chi connectivity index (χ1v) is 21.2. The number of halogens is 1. The van der Waals surface area contributed by atoms with Crippen LogP contribution in [-0.4, -0.2) is 0 Å². The summed E-state index contributed by atoms with van der Waals surface area (Å²) in [6.07, 6.45) is 0. The Hall–Kier alpha value is 1.23. The standard InChI is InChI=1S/C4H5.Hg.HI/c1-3-4-2;;/h1H2,2H3;;1H/q;+1;/p-1. The van der Waals surface area contributed by atoms with Crippen molar-refractivity contribution in [3.63, 3.8) is 0 Å². The van der Waals surface area contributed by atoms with Crippen LogP contribution in [0.2, 0.25) is 3.93 Å². The van der Waals surface area contributed by atoms with Gasteiger partial charge in [0.15, 0.2) is 0 Å². The fraction of sp³-hybridized carbons (Fsp3) is 0.500. The van der Waals surface area contributed by atoms with E-state index in [-0.39, 0.29) is 20.2 Å². The predicted molar refractivity (Wildman–Crippen MR) is 32.3 cm³/mol. The third-order valence-electron chi connectivity index (χ3n) is 0.396. The molecule has 0 aliphatic rings. The zero-order valence-electron chi connectivity index (χ0n) is 3.79. The van der Waals surface area contributed by atoms with E-state index in [1.54, 1.807) is 0 Å². The van der Waals surface area contributed by atoms with Crippen LogP contribution in [0.15, 0.2) is 0 Å². The number of hydrogen-bond acceptors (Lipinski definition) is 0. The molecule has 0 rings (SSSR count). The summed E-state index contributed by atoms with van der Waals surface area (Å²) in [4.78, 5) is 0. The third-order valence-corrected chi connectivity index (χ3v) is 6.84. The summed E-state index contributed by atoms with van der Waals surface area (Å²) in [5, 5.41) is 0. The molecule has 2 heteroatoms. The molecular formula is C4H5HgI. The Morgan fingerprint density at radius 2 is 2.50 bits per heavy atom. The van der Waals surface area contributed by atoms with Crippen molar-refractivity contribution in [3.05, 3.63) is 0 Å². The topological polar surface area (TPSA) is 0 Å². The molecule has 0 unspecified atom stereocenters. The summed E-state index contributed by atoms with van der Waals surface area (Å²) in [6.45, 7) is 1.90. The van der Waals surface area contributed by atoms with Crippen molar-refractivity contribution in [1.29, 1.82) is 0 Å². The van der Waals surface area contributed by atoms with E-state index in [1.807, 2.05) is 6.92 Å². The average molecular weight is 381 g/mol. The predicted octanol–water partition coefficient (Wildman–Crippen LogP) is 1.86. The van der Waals surface area contributed by atoms with Crippen LogP contribution in [0.1, 0.15) is 6.92 Å². The van der Waals surface area contributed by atoms with E-state index in [4.69, 9.17) is 0 Å². The molecule has 0 bridgehead atoms. The molecule has 0 aromatic carbocycles. The van der Waals surface area contributed by atoms with Crippen LogP contribution in [-0.2, 0) is 20.2 Å². The maximum absolute atomic E-state index is 3.04. The molecule has 6 heavy (non-hydrogen) atoms. The quantitative estimate of drug-likeness (QED) is 0.370. The van der Waals surface area contributed by atoms with E-state index in [1.165, 1.54) is 3.93 Å². The van der Waals surface area contributed by atoms with Gasteiger partial charge in [0.1, 0.15) is 0 Å². The molecule has 0 fully saturated rings. The van der Waals surface area contributed by atoms with Gasteiger partial charge in [-0.25, -0.2) is 0 Å². The molecule has 0 saturated carbocycles. The fourth-order valence-electron chi connectivity index (χ4n) is 0.172. The van der Waals surface area contributed by atoms with Crippen LogP contribution in [0, 0.1) is 11.8 Å². The van der Waals surface area contributed by atoms with Crippen molar-refractivity contribution in [2.75, 3.05) is 0 Å². The zero-order chi connectivity index (χ0) is 4.83. The first kappa shape index (κ1) is 7.23. The van der Waals surface area contributed by atoms with Gasteiger partial charge in [0.2, 0.25) is 0 Å². The second-order valence-corrected chi connectivity index (χ2v) is 13.7. The van der Waals surface area contributed by atoms with Crippen LogP contribution in [0.25, 0.3) is 0 Å². The Balaban J connectivity index is 2.79. The summed E-state index contributed by atoms with van der Waals surface area (Å²) < 4.78 is 1.26. The minimum absolute atomic E-state index is 0.372. The molecule has 0 heterocycles. The molecule has 0 N–H and O–H groups in total. The summed E-state index contributed by atoms with van der Waals surface area (Å²) in [5.41, 5.74) is 0. The molecule has 0 nitrogen and oxygen atoms in total. The number of rotatable bonds is 1. The molecule has 0 spiro atoms. The van der Waals surface area contributed by atoms with E-state index in [2.05, 4.69) is 29.5 Å². The summed E-state index contributed by atoms with van der Waals surface area (Å²) in [5.74, 6) is 5.91. The summed E-state index contributed by atoms with van der Waals surface area (Å²) in [7, 11) is 0. The Morgan fingerprint density at radius 3 is 2.67 bits per heavy atom. The van der Waals surface area contributed by atoms with Gasteiger partial charge in [0, 0.05) is 0 Å². The first-order valence-electron chi connectivity index (χ1n) is 1.87. The molecule has 0 radical (unpaired) electrons. The molecule has 0 aliphatic heterocycles. The molecular weight excluding hydrogens is 376 g/mol. The zero-order valence-corrected chi connectivity index (χ0v) is 11.4. The second-order valence-electron chi connectivity index (χ2n) is 0.866. The van der Waals surface area contributed by atoms with Gasteiger partial charge >= 0.3 is 60.6 Å². The van der Waals surface area contributed by atoms with Gasteiger partial charge in [0.05, 0.1) is 0 Å². The van der Waals surface area contributed by atoms with E-state index in [0.29, 0.717) is 0 Å². The Kier molecular flexibility index (Phi) is 7.50. The van der Waals surface area contributed by atoms with Gasteiger partial charge < -0.3 is 0 Å². The minimum atomic E-state index is -0.372. The normalized spacial score (nSPS) is 5.00. The average Bonchev–Trinajstić information content (AvgIpc) is 1.61. The van der Waals surface area contributed by atoms with Gasteiger partial charge in [-0.15, -0.1) is 0 Å². The van der Waals surface area contributed by atoms with E-state index in [9.17, 15) is 0 Å². The molecule has 0 aromatic rings. The molecule has 0 aromatic heterocycles. The van der Waals surface area contributed by atoms with Crippen molar-refractivity contribution >= 4 is 17.7 Å². The number of hydrogen-bond donors (Lipinski definition) is 0. The van der Waals surface area contributed by atoms with E-state index < -0.39 is 0 Å². The van der Waals surface area contributed by atoms with E-state index in [0.717, 1.165) is 0 Å². The first-order chi connectivity index (χ1) is 2.91. The Labute approximate surface area is 59.9 Å². The Morgan fingerprint density at radius 1 is 1.83 bits per heavy atom. The third kappa shape index (κ3) is 5.23. The van der Waals surface area contributed by atoms with Crippen LogP contribution in [0.4, 0.5) is 0 Å². The maximum atomic E-state index is 3.04. The fourth-order valence-corrected chi connectivity index (χ4v) is 3.88. The Bertz CT molecular complexity index is 69.4. The van der Waals surface area contributed by atoms with Gasteiger partial charge in [-0.05, 0) is 0 Å². The van der Waals surface area contributed by atoms with Crippen LogP contribution >= 0.6 is 17.7 Å². The van der Waals surface area contributed by atoms with Crippen molar-refractivity contribution in [2.24, 2.45) is 0 Å². The summed E-state index contributed by atoms with van der Waals surface area (Å²) >= 11 is 2.16. The van der Waals surface area contributed by atoms with Crippen molar-refractivity contribution in [1.82, 2.24) is 0 Å². The van der Waals surface area contributed by atoms with Crippen LogP contribution < -0.4 is 0 Å². The van der Waals surface area contributed by atoms with Crippen molar-refractivity contribution in [2.45, 2.75) is 10.9 Å². The SMILES string of the molecule is CC#C[CH2][Hg][I]. The molecule has 0 amide bonds. The van der Waals surface area contributed by atoms with E-state index >= 15 is 0 Å². The van der Waals surface area contributed by atoms with Crippen LogP contribution in [0.5, 0.6) is 0 Å². The van der Waals surface area contributed by atoms with Gasteiger partial charge in [0.25, 0.3) is 0 Å². The van der Waals surface area contributed by atoms with Gasteiger partial charge in [-0.2, -0.15) is 0 Å². The monoisotopic (exact) mass is 382 g/mol. The molecule has 0 atom stereocenters. The second kappa shape index (κ2) is 6.23. The van der Waals surface area contributed by atoms with Crippen molar-refractivity contribution < 1.29 is 20.2 Å². The summed E-state index contributed by atoms with van der Waals surface area (Å²) in [6, 6.07) is 0. The van der Waals surface area contributed by atoms with Gasteiger partial charge in [-0.3, -0.25) is 0 Å². The van der Waals surface area contributed by atoms with Gasteiger partial charge in [-0.1, -0.05) is 0 Å².